The van der Waals surface area contributed by atoms with Crippen LogP contribution in [0.5, 0.6) is 0 Å². The van der Waals surface area contributed by atoms with Gasteiger partial charge in [-0.3, -0.25) is 0 Å². The summed E-state index contributed by atoms with van der Waals surface area (Å²) in [6, 6.07) is 4.27. The summed E-state index contributed by atoms with van der Waals surface area (Å²) in [6.45, 7) is 0.0368. The van der Waals surface area contributed by atoms with E-state index in [0.29, 0.717) is 23.4 Å². The third-order valence-corrected chi connectivity index (χ3v) is 2.39. The van der Waals surface area contributed by atoms with Crippen LogP contribution in [-0.4, -0.2) is 22.9 Å². The molecule has 0 spiro atoms. The molecule has 0 aliphatic rings. The first-order chi connectivity index (χ1) is 7.13. The average molecular weight is 233 g/mol. The molecule has 0 bridgehead atoms. The molecule has 1 unspecified atom stereocenters. The van der Waals surface area contributed by atoms with Gasteiger partial charge in [-0.25, -0.2) is 4.39 Å². The van der Waals surface area contributed by atoms with Gasteiger partial charge in [0.15, 0.2) is 0 Å². The number of hydrogen-bond acceptors (Lipinski definition) is 2. The minimum atomic E-state index is -0.634. The summed E-state index contributed by atoms with van der Waals surface area (Å²) in [7, 11) is 0. The zero-order valence-corrected chi connectivity index (χ0v) is 9.04. The Morgan fingerprint density at radius 2 is 2.13 bits per heavy atom. The molecule has 0 aliphatic heterocycles. The number of aliphatic hydroxyl groups is 2. The lowest BCUT2D eigenvalue weighted by Crippen LogP contribution is -2.12. The molecule has 4 heteroatoms. The molecular formula is C11H14ClFO2. The average Bonchev–Trinajstić information content (AvgIpc) is 2.20. The van der Waals surface area contributed by atoms with Crippen molar-refractivity contribution in [2.45, 2.75) is 25.4 Å². The van der Waals surface area contributed by atoms with Gasteiger partial charge in [0, 0.05) is 18.1 Å². The zero-order chi connectivity index (χ0) is 11.3. The lowest BCUT2D eigenvalue weighted by atomic mass is 10.0. The predicted octanol–water partition coefficient (Wildman–Crippen LogP) is 2.16. The molecule has 0 saturated heterocycles. The molecule has 84 valence electrons. The number of aliphatic hydroxyl groups excluding tert-OH is 2. The maximum Gasteiger partial charge on any atom is 0.126 e. The smallest absolute Gasteiger partial charge is 0.126 e. The van der Waals surface area contributed by atoms with Crippen molar-refractivity contribution in [2.75, 3.05) is 6.61 Å². The standard InChI is InChI=1S/C11H14ClFO2/c12-9-3-4-11(13)8(6-9)7-10(15)2-1-5-14/h3-4,6,10,14-15H,1-2,5,7H2. The summed E-state index contributed by atoms with van der Waals surface area (Å²) in [5, 5.41) is 18.6. The molecule has 0 heterocycles. The van der Waals surface area contributed by atoms with Crippen molar-refractivity contribution < 1.29 is 14.6 Å². The minimum Gasteiger partial charge on any atom is -0.396 e. The molecule has 0 radical (unpaired) electrons. The summed E-state index contributed by atoms with van der Waals surface area (Å²) < 4.78 is 13.2. The van der Waals surface area contributed by atoms with E-state index in [1.54, 1.807) is 0 Å². The third kappa shape index (κ3) is 4.16. The summed E-state index contributed by atoms with van der Waals surface area (Å²) in [6.07, 6.45) is 0.572. The van der Waals surface area contributed by atoms with Gasteiger partial charge in [-0.2, -0.15) is 0 Å². The van der Waals surface area contributed by atoms with Crippen molar-refractivity contribution >= 4 is 11.6 Å². The Kier molecular flexibility index (Phi) is 5.02. The monoisotopic (exact) mass is 232 g/mol. The lowest BCUT2D eigenvalue weighted by Gasteiger charge is -2.10. The van der Waals surface area contributed by atoms with Crippen LogP contribution in [-0.2, 0) is 6.42 Å². The normalized spacial score (nSPS) is 12.8. The van der Waals surface area contributed by atoms with Gasteiger partial charge in [0.2, 0.25) is 0 Å². The SMILES string of the molecule is OCCCC(O)Cc1cc(Cl)ccc1F. The fourth-order valence-corrected chi connectivity index (χ4v) is 1.58. The van der Waals surface area contributed by atoms with E-state index in [2.05, 4.69) is 0 Å². The van der Waals surface area contributed by atoms with Crippen LogP contribution >= 0.6 is 11.6 Å². The van der Waals surface area contributed by atoms with E-state index < -0.39 is 6.10 Å². The van der Waals surface area contributed by atoms with E-state index in [1.807, 2.05) is 0 Å². The molecule has 2 nitrogen and oxygen atoms in total. The van der Waals surface area contributed by atoms with Gasteiger partial charge in [0.25, 0.3) is 0 Å². The Hall–Kier alpha value is -0.640. The van der Waals surface area contributed by atoms with Crippen molar-refractivity contribution in [3.05, 3.63) is 34.6 Å². The van der Waals surface area contributed by atoms with Crippen molar-refractivity contribution in [2.24, 2.45) is 0 Å². The molecule has 2 N–H and O–H groups in total. The molecule has 0 saturated carbocycles. The predicted molar refractivity (Wildman–Crippen MR) is 57.4 cm³/mol. The number of rotatable bonds is 5. The van der Waals surface area contributed by atoms with E-state index in [0.717, 1.165) is 0 Å². The highest BCUT2D eigenvalue weighted by Gasteiger charge is 2.09. The quantitative estimate of drug-likeness (QED) is 0.817. The molecule has 15 heavy (non-hydrogen) atoms. The topological polar surface area (TPSA) is 40.5 Å². The maximum atomic E-state index is 13.2. The van der Waals surface area contributed by atoms with E-state index >= 15 is 0 Å². The lowest BCUT2D eigenvalue weighted by molar-refractivity contribution is 0.149. The summed E-state index contributed by atoms with van der Waals surface area (Å²) in [5.74, 6) is -0.359. The highest BCUT2D eigenvalue weighted by Crippen LogP contribution is 2.17. The summed E-state index contributed by atoms with van der Waals surface area (Å²) >= 11 is 5.72. The van der Waals surface area contributed by atoms with Gasteiger partial charge < -0.3 is 10.2 Å². The summed E-state index contributed by atoms with van der Waals surface area (Å²) in [4.78, 5) is 0. The van der Waals surface area contributed by atoms with Crippen LogP contribution in [0.25, 0.3) is 0 Å². The minimum absolute atomic E-state index is 0.0368. The van der Waals surface area contributed by atoms with Gasteiger partial charge in [-0.05, 0) is 36.6 Å². The second-order valence-corrected chi connectivity index (χ2v) is 3.90. The van der Waals surface area contributed by atoms with E-state index in [1.165, 1.54) is 18.2 Å². The van der Waals surface area contributed by atoms with Gasteiger partial charge in [0.1, 0.15) is 5.82 Å². The highest BCUT2D eigenvalue weighted by atomic mass is 35.5. The van der Waals surface area contributed by atoms with Crippen LogP contribution in [0.3, 0.4) is 0 Å². The molecule has 1 aromatic rings. The molecule has 1 atom stereocenters. The van der Waals surface area contributed by atoms with E-state index in [4.69, 9.17) is 16.7 Å². The van der Waals surface area contributed by atoms with Crippen molar-refractivity contribution in [3.63, 3.8) is 0 Å². The van der Waals surface area contributed by atoms with Crippen molar-refractivity contribution in [1.29, 1.82) is 0 Å². The Balaban J connectivity index is 2.59. The Labute approximate surface area is 93.3 Å². The number of benzene rings is 1. The van der Waals surface area contributed by atoms with E-state index in [-0.39, 0.29) is 18.8 Å². The highest BCUT2D eigenvalue weighted by molar-refractivity contribution is 6.30. The second-order valence-electron chi connectivity index (χ2n) is 3.46. The first-order valence-corrected chi connectivity index (χ1v) is 5.24. The Bertz CT molecular complexity index is 317. The zero-order valence-electron chi connectivity index (χ0n) is 8.29. The van der Waals surface area contributed by atoms with Gasteiger partial charge in [-0.15, -0.1) is 0 Å². The largest absolute Gasteiger partial charge is 0.396 e. The van der Waals surface area contributed by atoms with Crippen LogP contribution < -0.4 is 0 Å². The van der Waals surface area contributed by atoms with Crippen molar-refractivity contribution in [1.82, 2.24) is 0 Å². The van der Waals surface area contributed by atoms with Gasteiger partial charge >= 0.3 is 0 Å². The molecule has 1 aromatic carbocycles. The van der Waals surface area contributed by atoms with Crippen LogP contribution in [0.1, 0.15) is 18.4 Å². The second kappa shape index (κ2) is 6.05. The first kappa shape index (κ1) is 12.4. The summed E-state index contributed by atoms with van der Waals surface area (Å²) in [5.41, 5.74) is 0.410. The van der Waals surface area contributed by atoms with Crippen molar-refractivity contribution in [3.8, 4) is 0 Å². The molecule has 0 aliphatic carbocycles. The molecule has 0 amide bonds. The van der Waals surface area contributed by atoms with Gasteiger partial charge in [0.05, 0.1) is 6.10 Å². The fraction of sp³-hybridized carbons (Fsp3) is 0.455. The number of halogens is 2. The Morgan fingerprint density at radius 3 is 2.80 bits per heavy atom. The third-order valence-electron chi connectivity index (χ3n) is 2.16. The molecular weight excluding hydrogens is 219 g/mol. The number of hydrogen-bond donors (Lipinski definition) is 2. The van der Waals surface area contributed by atoms with Crippen LogP contribution in [0.4, 0.5) is 4.39 Å². The first-order valence-electron chi connectivity index (χ1n) is 4.86. The molecule has 0 fully saturated rings. The van der Waals surface area contributed by atoms with E-state index in [9.17, 15) is 9.50 Å². The molecule has 0 aromatic heterocycles. The van der Waals surface area contributed by atoms with Gasteiger partial charge in [-0.1, -0.05) is 11.6 Å². The molecule has 1 rings (SSSR count). The van der Waals surface area contributed by atoms with Crippen LogP contribution in [0, 0.1) is 5.82 Å². The maximum absolute atomic E-state index is 13.2. The Morgan fingerprint density at radius 1 is 1.40 bits per heavy atom. The fourth-order valence-electron chi connectivity index (χ4n) is 1.38. The van der Waals surface area contributed by atoms with Crippen LogP contribution in [0.2, 0.25) is 5.02 Å². The van der Waals surface area contributed by atoms with Crippen LogP contribution in [0.15, 0.2) is 18.2 Å².